The Labute approximate surface area is 203 Å². The highest BCUT2D eigenvalue weighted by molar-refractivity contribution is 6.16. The molecule has 0 bridgehead atoms. The number of furan rings is 1. The fourth-order valence-electron chi connectivity index (χ4n) is 4.24. The van der Waals surface area contributed by atoms with E-state index >= 15 is 0 Å². The lowest BCUT2D eigenvalue weighted by atomic mass is 9.95. The van der Waals surface area contributed by atoms with Crippen molar-refractivity contribution in [3.8, 4) is 11.5 Å². The Morgan fingerprint density at radius 1 is 1.11 bits per heavy atom. The van der Waals surface area contributed by atoms with Crippen LogP contribution in [0.4, 0.5) is 0 Å². The summed E-state index contributed by atoms with van der Waals surface area (Å²) in [6.45, 7) is 4.63. The van der Waals surface area contributed by atoms with Gasteiger partial charge in [-0.15, -0.1) is 0 Å². The number of rotatable bonds is 10. The van der Waals surface area contributed by atoms with Crippen molar-refractivity contribution in [1.82, 2.24) is 4.90 Å². The highest BCUT2D eigenvalue weighted by atomic mass is 16.5. The quantitative estimate of drug-likeness (QED) is 0.328. The summed E-state index contributed by atoms with van der Waals surface area (Å²) in [7, 11) is 3.08. The van der Waals surface area contributed by atoms with Crippen LogP contribution in [0.25, 0.3) is 11.0 Å². The topological polar surface area (TPSA) is 98.4 Å². The number of nitrogens with zero attached hydrogens (tertiary/aromatic N) is 1. The highest BCUT2D eigenvalue weighted by Gasteiger charge is 2.44. The lowest BCUT2D eigenvalue weighted by molar-refractivity contribution is -0.129. The number of carbonyl (C=O) groups is 2. The molecule has 1 aliphatic heterocycles. The summed E-state index contributed by atoms with van der Waals surface area (Å²) in [6, 6.07) is 13.2. The second-order valence-corrected chi connectivity index (χ2v) is 8.53. The summed E-state index contributed by atoms with van der Waals surface area (Å²) < 4.78 is 22.0. The zero-order chi connectivity index (χ0) is 25.1. The molecule has 0 aliphatic carbocycles. The lowest BCUT2D eigenvalue weighted by Crippen LogP contribution is -2.32. The average molecular weight is 480 g/mol. The lowest BCUT2D eigenvalue weighted by Gasteiger charge is -2.27. The van der Waals surface area contributed by atoms with Gasteiger partial charge in [0.25, 0.3) is 5.91 Å². The van der Waals surface area contributed by atoms with E-state index in [0.29, 0.717) is 47.6 Å². The molecule has 8 nitrogen and oxygen atoms in total. The second-order valence-electron chi connectivity index (χ2n) is 8.53. The van der Waals surface area contributed by atoms with Gasteiger partial charge < -0.3 is 28.6 Å². The van der Waals surface area contributed by atoms with Gasteiger partial charge in [0.2, 0.25) is 5.78 Å². The Balaban J connectivity index is 1.72. The van der Waals surface area contributed by atoms with Crippen molar-refractivity contribution in [1.29, 1.82) is 0 Å². The molecule has 0 saturated heterocycles. The van der Waals surface area contributed by atoms with E-state index in [0.717, 1.165) is 0 Å². The molecule has 0 saturated carbocycles. The van der Waals surface area contributed by atoms with Crippen LogP contribution < -0.4 is 9.47 Å². The molecular formula is C27H29NO7. The molecule has 0 radical (unpaired) electrons. The number of Topliss-reactive ketones (excluding diaryl/α,β-unsaturated/α-hetero) is 1. The van der Waals surface area contributed by atoms with E-state index in [1.54, 1.807) is 55.6 Å². The number of ketones is 1. The predicted molar refractivity (Wildman–Crippen MR) is 130 cm³/mol. The molecule has 1 aromatic heterocycles. The third-order valence-corrected chi connectivity index (χ3v) is 5.93. The van der Waals surface area contributed by atoms with Crippen LogP contribution in [-0.4, -0.2) is 55.2 Å². The number of aliphatic hydroxyl groups excluding tert-OH is 1. The monoisotopic (exact) mass is 479 g/mol. The Morgan fingerprint density at radius 3 is 2.51 bits per heavy atom. The zero-order valence-electron chi connectivity index (χ0n) is 20.2. The maximum absolute atomic E-state index is 13.7. The molecule has 1 amide bonds. The van der Waals surface area contributed by atoms with Gasteiger partial charge in [0.05, 0.1) is 31.9 Å². The van der Waals surface area contributed by atoms with Gasteiger partial charge in [0, 0.05) is 18.5 Å². The van der Waals surface area contributed by atoms with Crippen molar-refractivity contribution in [3.63, 3.8) is 0 Å². The fourth-order valence-corrected chi connectivity index (χ4v) is 4.24. The van der Waals surface area contributed by atoms with Crippen molar-refractivity contribution < 1.29 is 33.3 Å². The first-order chi connectivity index (χ1) is 16.8. The minimum absolute atomic E-state index is 0.0161. The molecule has 184 valence electrons. The van der Waals surface area contributed by atoms with Gasteiger partial charge >= 0.3 is 0 Å². The molecule has 35 heavy (non-hydrogen) atoms. The Kier molecular flexibility index (Phi) is 7.12. The van der Waals surface area contributed by atoms with E-state index in [1.165, 1.54) is 12.0 Å². The van der Waals surface area contributed by atoms with Gasteiger partial charge in [-0.05, 0) is 50.1 Å². The molecule has 8 heteroatoms. The molecule has 4 rings (SSSR count). The molecule has 0 spiro atoms. The maximum atomic E-state index is 13.7. The maximum Gasteiger partial charge on any atom is 0.290 e. The molecule has 3 aromatic rings. The highest BCUT2D eigenvalue weighted by Crippen LogP contribution is 2.40. The Morgan fingerprint density at radius 2 is 1.86 bits per heavy atom. The number of amides is 1. The Hall–Kier alpha value is -3.78. The van der Waals surface area contributed by atoms with Crippen molar-refractivity contribution >= 4 is 22.7 Å². The third kappa shape index (κ3) is 4.74. The van der Waals surface area contributed by atoms with Gasteiger partial charge in [0.1, 0.15) is 5.75 Å². The molecule has 1 aliphatic rings. The number of methoxy groups -OCH3 is 2. The summed E-state index contributed by atoms with van der Waals surface area (Å²) >= 11 is 0. The van der Waals surface area contributed by atoms with Gasteiger partial charge in [-0.1, -0.05) is 24.3 Å². The minimum atomic E-state index is -0.782. The van der Waals surface area contributed by atoms with Gasteiger partial charge in [-0.3, -0.25) is 9.59 Å². The standard InChI is InChI=1S/C27H29NO7/c1-16(2)34-14-6-13-28-23(17-9-11-19(32-3)12-10-17)22(25(30)27(28)31)24(29)21-15-18-7-5-8-20(33-4)26(18)35-21/h5,7-12,15-16,23,30H,6,13-14H2,1-4H3. The molecule has 2 heterocycles. The van der Waals surface area contributed by atoms with Crippen molar-refractivity contribution in [2.75, 3.05) is 27.4 Å². The van der Waals surface area contributed by atoms with E-state index in [4.69, 9.17) is 18.6 Å². The molecule has 0 fully saturated rings. The number of fused-ring (bicyclic) bond motifs is 1. The van der Waals surface area contributed by atoms with Crippen LogP contribution in [0.1, 0.15) is 42.4 Å². The van der Waals surface area contributed by atoms with Crippen LogP contribution in [0.3, 0.4) is 0 Å². The van der Waals surface area contributed by atoms with Crippen LogP contribution in [-0.2, 0) is 9.53 Å². The number of para-hydroxylation sites is 1. The molecule has 1 unspecified atom stereocenters. The van der Waals surface area contributed by atoms with Crippen LogP contribution in [0.2, 0.25) is 0 Å². The van der Waals surface area contributed by atoms with Gasteiger partial charge in [-0.25, -0.2) is 0 Å². The number of ether oxygens (including phenoxy) is 3. The molecule has 2 aromatic carbocycles. The molecular weight excluding hydrogens is 450 g/mol. The number of hydrogen-bond acceptors (Lipinski definition) is 7. The van der Waals surface area contributed by atoms with Crippen LogP contribution in [0.15, 0.2) is 64.3 Å². The number of hydrogen-bond donors (Lipinski definition) is 1. The number of benzene rings is 2. The van der Waals surface area contributed by atoms with Crippen molar-refractivity contribution in [2.24, 2.45) is 0 Å². The van der Waals surface area contributed by atoms with Gasteiger partial charge in [-0.2, -0.15) is 0 Å². The van der Waals surface area contributed by atoms with E-state index < -0.39 is 23.5 Å². The summed E-state index contributed by atoms with van der Waals surface area (Å²) in [5, 5.41) is 11.5. The van der Waals surface area contributed by atoms with Crippen LogP contribution >= 0.6 is 0 Å². The first-order valence-corrected chi connectivity index (χ1v) is 11.5. The normalized spacial score (nSPS) is 16.0. The zero-order valence-corrected chi connectivity index (χ0v) is 20.2. The molecule has 1 N–H and O–H groups in total. The second kappa shape index (κ2) is 10.2. The third-order valence-electron chi connectivity index (χ3n) is 5.93. The Bertz CT molecular complexity index is 1260. The van der Waals surface area contributed by atoms with Crippen molar-refractivity contribution in [2.45, 2.75) is 32.4 Å². The van der Waals surface area contributed by atoms with Crippen LogP contribution in [0, 0.1) is 0 Å². The SMILES string of the molecule is COc1ccc(C2C(C(=O)c3cc4cccc(OC)c4o3)=C(O)C(=O)N2CCCOC(C)C)cc1. The minimum Gasteiger partial charge on any atom is -0.503 e. The molecule has 1 atom stereocenters. The van der Waals surface area contributed by atoms with E-state index in [-0.39, 0.29) is 17.4 Å². The first kappa shape index (κ1) is 24.3. The number of aliphatic hydroxyl groups is 1. The smallest absolute Gasteiger partial charge is 0.290 e. The van der Waals surface area contributed by atoms with Gasteiger partial charge in [0.15, 0.2) is 22.9 Å². The van der Waals surface area contributed by atoms with Crippen molar-refractivity contribution in [3.05, 3.63) is 71.2 Å². The first-order valence-electron chi connectivity index (χ1n) is 11.5. The van der Waals surface area contributed by atoms with E-state index in [1.807, 2.05) is 13.8 Å². The van der Waals surface area contributed by atoms with Crippen LogP contribution in [0.5, 0.6) is 11.5 Å². The summed E-state index contributed by atoms with van der Waals surface area (Å²) in [5.41, 5.74) is 1.07. The summed E-state index contributed by atoms with van der Waals surface area (Å²) in [5.74, 6) is -0.597. The van der Waals surface area contributed by atoms with E-state index in [9.17, 15) is 14.7 Å². The predicted octanol–water partition coefficient (Wildman–Crippen LogP) is 4.84. The summed E-state index contributed by atoms with van der Waals surface area (Å²) in [6.07, 6.45) is 0.614. The summed E-state index contributed by atoms with van der Waals surface area (Å²) in [4.78, 5) is 28.3. The largest absolute Gasteiger partial charge is 0.503 e. The number of carbonyl (C=O) groups excluding carboxylic acids is 2. The average Bonchev–Trinajstić information content (AvgIpc) is 3.41. The fraction of sp³-hybridized carbons (Fsp3) is 0.333. The van der Waals surface area contributed by atoms with E-state index in [2.05, 4.69) is 0 Å².